The lowest BCUT2D eigenvalue weighted by Gasteiger charge is -2.04. The molecule has 0 saturated carbocycles. The summed E-state index contributed by atoms with van der Waals surface area (Å²) >= 11 is 2.29. The molecule has 0 radical (unpaired) electrons. The predicted molar refractivity (Wildman–Crippen MR) is 65.8 cm³/mol. The standard InChI is InChI=1S/C10H10IN3/c1-7-6-12-10(13-7)14-9-5-3-2-4-8(9)11/h2-6H,1H3,(H2,12,13,14). The van der Waals surface area contributed by atoms with Crippen LogP contribution in [0.25, 0.3) is 0 Å². The Morgan fingerprint density at radius 2 is 2.14 bits per heavy atom. The first-order valence-electron chi connectivity index (χ1n) is 4.29. The first kappa shape index (κ1) is 9.51. The Morgan fingerprint density at radius 3 is 2.79 bits per heavy atom. The minimum atomic E-state index is 0.784. The maximum Gasteiger partial charge on any atom is 0.204 e. The number of aromatic nitrogens is 2. The van der Waals surface area contributed by atoms with Crippen LogP contribution in [0.3, 0.4) is 0 Å². The van der Waals surface area contributed by atoms with Gasteiger partial charge in [0.2, 0.25) is 5.95 Å². The molecule has 2 aromatic rings. The van der Waals surface area contributed by atoms with E-state index in [1.165, 1.54) is 3.57 Å². The third-order valence-corrected chi connectivity index (χ3v) is 2.77. The van der Waals surface area contributed by atoms with Crippen molar-refractivity contribution in [1.82, 2.24) is 9.97 Å². The second kappa shape index (κ2) is 4.00. The number of para-hydroxylation sites is 1. The van der Waals surface area contributed by atoms with Gasteiger partial charge in [0.1, 0.15) is 0 Å². The second-order valence-electron chi connectivity index (χ2n) is 3.02. The number of anilines is 2. The van der Waals surface area contributed by atoms with Gasteiger partial charge in [-0.05, 0) is 41.6 Å². The van der Waals surface area contributed by atoms with Gasteiger partial charge in [-0.2, -0.15) is 0 Å². The molecule has 0 atom stereocenters. The molecule has 3 nitrogen and oxygen atoms in total. The summed E-state index contributed by atoms with van der Waals surface area (Å²) in [5.41, 5.74) is 2.13. The highest BCUT2D eigenvalue weighted by atomic mass is 127. The molecule has 1 heterocycles. The number of H-pyrrole nitrogens is 1. The third kappa shape index (κ3) is 2.06. The van der Waals surface area contributed by atoms with E-state index in [0.717, 1.165) is 17.3 Å². The number of nitrogens with one attached hydrogen (secondary N) is 2. The molecular formula is C10H10IN3. The van der Waals surface area contributed by atoms with E-state index in [2.05, 4.69) is 43.9 Å². The van der Waals surface area contributed by atoms with Crippen LogP contribution in [0.1, 0.15) is 5.69 Å². The molecule has 14 heavy (non-hydrogen) atoms. The van der Waals surface area contributed by atoms with Crippen molar-refractivity contribution < 1.29 is 0 Å². The zero-order valence-corrected chi connectivity index (χ0v) is 9.87. The molecule has 4 heteroatoms. The molecule has 0 fully saturated rings. The maximum absolute atomic E-state index is 4.18. The molecule has 0 saturated heterocycles. The van der Waals surface area contributed by atoms with Crippen LogP contribution in [0, 0.1) is 10.5 Å². The number of hydrogen-bond acceptors (Lipinski definition) is 2. The van der Waals surface area contributed by atoms with E-state index in [-0.39, 0.29) is 0 Å². The van der Waals surface area contributed by atoms with E-state index in [0.29, 0.717) is 0 Å². The minimum Gasteiger partial charge on any atom is -0.328 e. The van der Waals surface area contributed by atoms with Crippen molar-refractivity contribution in [2.45, 2.75) is 6.92 Å². The topological polar surface area (TPSA) is 40.7 Å². The Kier molecular flexibility index (Phi) is 2.72. The molecule has 1 aromatic carbocycles. The van der Waals surface area contributed by atoms with Crippen molar-refractivity contribution in [2.75, 3.05) is 5.32 Å². The normalized spacial score (nSPS) is 10.1. The summed E-state index contributed by atoms with van der Waals surface area (Å²) < 4.78 is 1.18. The summed E-state index contributed by atoms with van der Waals surface area (Å²) in [7, 11) is 0. The molecule has 0 spiro atoms. The predicted octanol–water partition coefficient (Wildman–Crippen LogP) is 3.07. The van der Waals surface area contributed by atoms with Crippen LogP contribution in [0.2, 0.25) is 0 Å². The van der Waals surface area contributed by atoms with Crippen molar-refractivity contribution in [3.05, 3.63) is 39.7 Å². The number of benzene rings is 1. The average molecular weight is 299 g/mol. The lowest BCUT2D eigenvalue weighted by Crippen LogP contribution is -1.94. The molecule has 0 unspecified atom stereocenters. The van der Waals surface area contributed by atoms with Gasteiger partial charge in [-0.15, -0.1) is 0 Å². The third-order valence-electron chi connectivity index (χ3n) is 1.83. The molecular weight excluding hydrogens is 289 g/mol. The highest BCUT2D eigenvalue weighted by molar-refractivity contribution is 14.1. The van der Waals surface area contributed by atoms with Gasteiger partial charge in [0.25, 0.3) is 0 Å². The van der Waals surface area contributed by atoms with E-state index in [1.807, 2.05) is 25.1 Å². The Hall–Kier alpha value is -1.04. The minimum absolute atomic E-state index is 0.784. The molecule has 0 amide bonds. The number of imidazole rings is 1. The Morgan fingerprint density at radius 1 is 1.36 bits per heavy atom. The van der Waals surface area contributed by atoms with Gasteiger partial charge in [0.05, 0.1) is 5.69 Å². The van der Waals surface area contributed by atoms with Crippen molar-refractivity contribution in [3.63, 3.8) is 0 Å². The fraction of sp³-hybridized carbons (Fsp3) is 0.100. The number of aromatic amines is 1. The van der Waals surface area contributed by atoms with Crippen molar-refractivity contribution in [2.24, 2.45) is 0 Å². The zero-order valence-electron chi connectivity index (χ0n) is 7.71. The first-order valence-corrected chi connectivity index (χ1v) is 5.37. The lowest BCUT2D eigenvalue weighted by molar-refractivity contribution is 1.24. The van der Waals surface area contributed by atoms with Crippen LogP contribution >= 0.6 is 22.6 Å². The van der Waals surface area contributed by atoms with Crippen LogP contribution < -0.4 is 5.32 Å². The smallest absolute Gasteiger partial charge is 0.204 e. The van der Waals surface area contributed by atoms with Gasteiger partial charge >= 0.3 is 0 Å². The molecule has 2 N–H and O–H groups in total. The van der Waals surface area contributed by atoms with E-state index in [4.69, 9.17) is 0 Å². The van der Waals surface area contributed by atoms with Gasteiger partial charge < -0.3 is 10.3 Å². The summed E-state index contributed by atoms with van der Waals surface area (Å²) in [6.07, 6.45) is 1.80. The SMILES string of the molecule is Cc1cnc(Nc2ccccc2I)[nH]1. The average Bonchev–Trinajstić information content (AvgIpc) is 2.56. The number of aryl methyl sites for hydroxylation is 1. The van der Waals surface area contributed by atoms with Gasteiger partial charge in [-0.1, -0.05) is 12.1 Å². The second-order valence-corrected chi connectivity index (χ2v) is 4.18. The Bertz CT molecular complexity index is 436. The van der Waals surface area contributed by atoms with Crippen LogP contribution in [0.5, 0.6) is 0 Å². The van der Waals surface area contributed by atoms with Gasteiger partial charge in [-0.3, -0.25) is 0 Å². The van der Waals surface area contributed by atoms with Crippen LogP contribution in [-0.4, -0.2) is 9.97 Å². The van der Waals surface area contributed by atoms with Crippen molar-refractivity contribution in [3.8, 4) is 0 Å². The summed E-state index contributed by atoms with van der Waals surface area (Å²) in [5, 5.41) is 3.22. The van der Waals surface area contributed by atoms with Crippen molar-refractivity contribution >= 4 is 34.2 Å². The Labute approximate surface area is 96.1 Å². The number of rotatable bonds is 2. The quantitative estimate of drug-likeness (QED) is 0.837. The van der Waals surface area contributed by atoms with Crippen LogP contribution in [-0.2, 0) is 0 Å². The number of nitrogens with zero attached hydrogens (tertiary/aromatic N) is 1. The largest absolute Gasteiger partial charge is 0.328 e. The molecule has 0 aliphatic rings. The number of hydrogen-bond donors (Lipinski definition) is 2. The summed E-state index contributed by atoms with van der Waals surface area (Å²) in [5.74, 6) is 0.784. The van der Waals surface area contributed by atoms with Gasteiger partial charge in [0.15, 0.2) is 0 Å². The zero-order chi connectivity index (χ0) is 9.97. The molecule has 0 aliphatic heterocycles. The molecule has 1 aromatic heterocycles. The monoisotopic (exact) mass is 299 g/mol. The van der Waals surface area contributed by atoms with Crippen LogP contribution in [0.4, 0.5) is 11.6 Å². The van der Waals surface area contributed by atoms with Crippen LogP contribution in [0.15, 0.2) is 30.5 Å². The fourth-order valence-electron chi connectivity index (χ4n) is 1.17. The molecule has 0 aliphatic carbocycles. The Balaban J connectivity index is 2.23. The molecule has 2 rings (SSSR count). The highest BCUT2D eigenvalue weighted by Crippen LogP contribution is 2.20. The van der Waals surface area contributed by atoms with E-state index in [1.54, 1.807) is 6.20 Å². The summed E-state index contributed by atoms with van der Waals surface area (Å²) in [6.45, 7) is 1.98. The summed E-state index contributed by atoms with van der Waals surface area (Å²) in [6, 6.07) is 8.10. The fourth-order valence-corrected chi connectivity index (χ4v) is 1.69. The van der Waals surface area contributed by atoms with E-state index < -0.39 is 0 Å². The van der Waals surface area contributed by atoms with E-state index in [9.17, 15) is 0 Å². The number of halogens is 1. The van der Waals surface area contributed by atoms with E-state index >= 15 is 0 Å². The van der Waals surface area contributed by atoms with Gasteiger partial charge in [-0.25, -0.2) is 4.98 Å². The highest BCUT2D eigenvalue weighted by Gasteiger charge is 2.00. The summed E-state index contributed by atoms with van der Waals surface area (Å²) in [4.78, 5) is 7.31. The molecule has 0 bridgehead atoms. The maximum atomic E-state index is 4.18. The lowest BCUT2D eigenvalue weighted by atomic mass is 10.3. The first-order chi connectivity index (χ1) is 6.75. The molecule has 72 valence electrons. The van der Waals surface area contributed by atoms with Crippen molar-refractivity contribution in [1.29, 1.82) is 0 Å². The van der Waals surface area contributed by atoms with Gasteiger partial charge in [0, 0.05) is 15.5 Å².